The largest absolute Gasteiger partial charge is 0.471 e. The van der Waals surface area contributed by atoms with Crippen LogP contribution in [0.1, 0.15) is 309 Å². The van der Waals surface area contributed by atoms with E-state index in [0.29, 0.717) is 5.89 Å². The lowest BCUT2D eigenvalue weighted by molar-refractivity contribution is 0.155. The van der Waals surface area contributed by atoms with Gasteiger partial charge in [0, 0.05) is 77.5 Å². The fraction of sp³-hybridized carbons (Fsp3) is 0.636. The molecule has 0 N–H and O–H groups in total. The summed E-state index contributed by atoms with van der Waals surface area (Å²) in [6, 6.07) is 41.3. The van der Waals surface area contributed by atoms with Crippen molar-refractivity contribution < 1.29 is 9.15 Å². The topological polar surface area (TPSA) is 60.6 Å². The SMILES string of the molecule is CC.CC.CC.CC.CC.CC.CC.CC.CC.CC.CC.CC1=CC=C(c2ccc(C)cc2)C2OC(C)=NC12.CC1CCC(C2CCC(C)CC2)CC1.CN1CCN(C)CC1.Cc1ccc(-c2ccc3nc(C)oc3c2)cc1.Cc1ccc(C2CCC(C)CC2)cc1.Cc1ccc(N2CCN(C)CC2)cc1. The van der Waals surface area contributed by atoms with Crippen LogP contribution in [0.4, 0.5) is 5.69 Å². The number of allylic oxidation sites excluding steroid dienone is 2. The second-order valence-electron chi connectivity index (χ2n) is 27.0. The number of aliphatic imine (C=N–C) groups is 1. The Bertz CT molecular complexity index is 2920. The number of fused-ring (bicyclic) bond motifs is 2. The summed E-state index contributed by atoms with van der Waals surface area (Å²) in [4.78, 5) is 18.4. The van der Waals surface area contributed by atoms with Gasteiger partial charge in [0.25, 0.3) is 0 Å². The van der Waals surface area contributed by atoms with Gasteiger partial charge in [-0.2, -0.15) is 0 Å². The Balaban J connectivity index is -0.000000569. The molecule has 0 amide bonds. The number of likely N-dealkylation sites (N-methyl/N-ethyl adjacent to an activating group) is 3. The minimum Gasteiger partial charge on any atom is -0.471 e. The highest BCUT2D eigenvalue weighted by Gasteiger charge is 2.36. The van der Waals surface area contributed by atoms with Gasteiger partial charge in [0.2, 0.25) is 0 Å². The fourth-order valence-electron chi connectivity index (χ4n) is 13.2. The van der Waals surface area contributed by atoms with Gasteiger partial charge in [0.15, 0.2) is 23.5 Å². The maximum atomic E-state index is 5.87. The number of benzene rings is 5. The van der Waals surface area contributed by atoms with Gasteiger partial charge in [-0.1, -0.05) is 337 Å². The van der Waals surface area contributed by atoms with Crippen LogP contribution in [0.2, 0.25) is 0 Å². The van der Waals surface area contributed by atoms with Crippen molar-refractivity contribution in [2.24, 2.45) is 34.6 Å². The molecule has 5 aromatic carbocycles. The lowest BCUT2D eigenvalue weighted by Crippen LogP contribution is -2.44. The van der Waals surface area contributed by atoms with E-state index in [1.165, 1.54) is 141 Å². The van der Waals surface area contributed by atoms with Crippen LogP contribution in [-0.4, -0.2) is 111 Å². The Morgan fingerprint density at radius 3 is 1.08 bits per heavy atom. The molecule has 612 valence electrons. The predicted molar refractivity (Wildman–Crippen MR) is 488 cm³/mol. The van der Waals surface area contributed by atoms with Gasteiger partial charge in [-0.3, -0.25) is 0 Å². The monoisotopic (exact) mass is 1480 g/mol. The molecule has 4 aliphatic carbocycles. The highest BCUT2D eigenvalue weighted by Crippen LogP contribution is 2.42. The van der Waals surface area contributed by atoms with Crippen LogP contribution in [0.5, 0.6) is 0 Å². The molecular weight excluding hydrogens is 1310 g/mol. The molecule has 8 heteroatoms. The molecule has 107 heavy (non-hydrogen) atoms. The maximum Gasteiger partial charge on any atom is 0.192 e. The molecule has 0 spiro atoms. The molecule has 4 heterocycles. The van der Waals surface area contributed by atoms with Crippen molar-refractivity contribution in [2.45, 2.75) is 317 Å². The molecule has 8 nitrogen and oxygen atoms in total. The molecule has 7 aliphatic rings. The number of oxazole rings is 1. The lowest BCUT2D eigenvalue weighted by atomic mass is 9.70. The van der Waals surface area contributed by atoms with E-state index in [-0.39, 0.29) is 12.1 Å². The third-order valence-corrected chi connectivity index (χ3v) is 19.5. The van der Waals surface area contributed by atoms with Gasteiger partial charge in [0.05, 0.1) is 0 Å². The van der Waals surface area contributed by atoms with Gasteiger partial charge >= 0.3 is 0 Å². The highest BCUT2D eigenvalue weighted by atomic mass is 16.5. The number of piperazine rings is 2. The van der Waals surface area contributed by atoms with E-state index in [2.05, 4.69) is 221 Å². The van der Waals surface area contributed by atoms with Crippen LogP contribution in [-0.2, 0) is 4.74 Å². The van der Waals surface area contributed by atoms with E-state index in [1.807, 2.05) is 178 Å². The lowest BCUT2D eigenvalue weighted by Gasteiger charge is -2.36. The van der Waals surface area contributed by atoms with E-state index >= 15 is 0 Å². The normalized spacial score (nSPS) is 20.6. The van der Waals surface area contributed by atoms with Gasteiger partial charge in [-0.15, -0.1) is 0 Å². The summed E-state index contributed by atoms with van der Waals surface area (Å²) >= 11 is 0. The van der Waals surface area contributed by atoms with Crippen molar-refractivity contribution >= 4 is 28.3 Å². The van der Waals surface area contributed by atoms with Crippen molar-refractivity contribution in [3.63, 3.8) is 0 Å². The minimum atomic E-state index is 0.0534. The molecule has 2 atom stereocenters. The smallest absolute Gasteiger partial charge is 0.192 e. The first-order valence-corrected chi connectivity index (χ1v) is 44.0. The number of aromatic nitrogens is 1. The Morgan fingerprint density at radius 2 is 0.692 bits per heavy atom. The molecule has 13 rings (SSSR count). The van der Waals surface area contributed by atoms with Crippen LogP contribution < -0.4 is 4.90 Å². The fourth-order valence-corrected chi connectivity index (χ4v) is 13.2. The number of rotatable bonds is 5. The summed E-state index contributed by atoms with van der Waals surface area (Å²) in [6.07, 6.45) is 22.2. The summed E-state index contributed by atoms with van der Waals surface area (Å²) in [5, 5.41) is 0. The van der Waals surface area contributed by atoms with Crippen molar-refractivity contribution in [2.75, 3.05) is 78.4 Å². The second kappa shape index (κ2) is 68.2. The van der Waals surface area contributed by atoms with Crippen LogP contribution in [0, 0.1) is 64.2 Å². The molecule has 0 bridgehead atoms. The third kappa shape index (κ3) is 42.8. The molecule has 3 aliphatic heterocycles. The van der Waals surface area contributed by atoms with E-state index in [1.54, 1.807) is 31.2 Å². The van der Waals surface area contributed by atoms with E-state index in [9.17, 15) is 0 Å². The first-order chi connectivity index (χ1) is 51.9. The average Bonchev–Trinajstić information content (AvgIpc) is 1.66. The zero-order chi connectivity index (χ0) is 82.4. The molecule has 1 aromatic heterocycles. The summed E-state index contributed by atoms with van der Waals surface area (Å²) < 4.78 is 11.4. The Labute approximate surface area is 666 Å². The molecular formula is C99H174N6O2. The number of anilines is 1. The molecule has 2 unspecified atom stereocenters. The molecule has 3 saturated carbocycles. The quantitative estimate of drug-likeness (QED) is 0.170. The van der Waals surface area contributed by atoms with E-state index in [4.69, 9.17) is 9.15 Å². The van der Waals surface area contributed by atoms with Gasteiger partial charge in [-0.05, 0) is 182 Å². The number of aryl methyl sites for hydroxylation is 5. The zero-order valence-electron chi connectivity index (χ0n) is 76.9. The summed E-state index contributed by atoms with van der Waals surface area (Å²) in [7, 11) is 6.53. The van der Waals surface area contributed by atoms with E-state index in [0.717, 1.165) is 71.2 Å². The van der Waals surface area contributed by atoms with Gasteiger partial charge in [0.1, 0.15) is 11.6 Å². The molecule has 5 fully saturated rings. The van der Waals surface area contributed by atoms with Crippen LogP contribution >= 0.6 is 0 Å². The second-order valence-corrected chi connectivity index (χ2v) is 27.0. The average molecular weight is 1480 g/mol. The first kappa shape index (κ1) is 108. The Hall–Kier alpha value is -5.80. The summed E-state index contributed by atoms with van der Waals surface area (Å²) in [5.41, 5.74) is 16.0. The molecule has 0 radical (unpaired) electrons. The predicted octanol–water partition coefficient (Wildman–Crippen LogP) is 29.5. The van der Waals surface area contributed by atoms with Crippen molar-refractivity contribution in [1.82, 2.24) is 19.7 Å². The van der Waals surface area contributed by atoms with Gasteiger partial charge < -0.3 is 28.8 Å². The number of ether oxygens (including phenoxy) is 1. The summed E-state index contributed by atoms with van der Waals surface area (Å²) in [6.45, 7) is 75.2. The van der Waals surface area contributed by atoms with Gasteiger partial charge in [-0.25, -0.2) is 9.98 Å². The summed E-state index contributed by atoms with van der Waals surface area (Å²) in [5.74, 6) is 7.56. The first-order valence-electron chi connectivity index (χ1n) is 44.0. The van der Waals surface area contributed by atoms with Crippen LogP contribution in [0.25, 0.3) is 27.8 Å². The number of nitrogens with zero attached hydrogens (tertiary/aromatic N) is 6. The van der Waals surface area contributed by atoms with Crippen molar-refractivity contribution in [3.05, 3.63) is 172 Å². The third-order valence-electron chi connectivity index (χ3n) is 19.5. The Kier molecular flexibility index (Phi) is 68.6. The zero-order valence-corrected chi connectivity index (χ0v) is 76.9. The number of hydrogen-bond donors (Lipinski definition) is 0. The van der Waals surface area contributed by atoms with E-state index < -0.39 is 0 Å². The molecule has 6 aromatic rings. The van der Waals surface area contributed by atoms with Crippen LogP contribution in [0.15, 0.2) is 142 Å². The van der Waals surface area contributed by atoms with Crippen LogP contribution in [0.3, 0.4) is 0 Å². The highest BCUT2D eigenvalue weighted by molar-refractivity contribution is 5.83. The Morgan fingerprint density at radius 1 is 0.355 bits per heavy atom. The standard InChI is InChI=1S/C16H17NO.C15H13NO.C14H26.C14H20.C12H18N2.C6H14N2.11C2H6/c1-10-4-7-13(8-5-10)14-9-6-11(2)15-16(14)18-12(3)17-15;1-10-3-5-12(6-4-10)13-7-8-14-15(9-13)17-11(2)16-14;2*1-11-3-7-13(8-4-11)14-9-5-12(2)6-10-14;1-11-3-5-12(6-4-11)14-9-7-13(2)8-10-14;1-7-3-5-8(2)6-4-7;11*1-2/h4-9,15-16H,1-3H3;3-9H,1-2H3;11-14H,3-10H2,1-2H3;3-4,7-8,12,14H,5-6,9-10H2,1-2H3;3-6H,7-10H2,1-2H3;3-6H2,1-2H3;11*1-2H3. The molecule has 2 saturated heterocycles. The maximum absolute atomic E-state index is 5.87. The minimum absolute atomic E-state index is 0.0534. The van der Waals surface area contributed by atoms with Crippen molar-refractivity contribution in [1.29, 1.82) is 0 Å². The number of hydrogen-bond acceptors (Lipinski definition) is 8. The van der Waals surface area contributed by atoms with Crippen molar-refractivity contribution in [3.8, 4) is 11.1 Å².